The summed E-state index contributed by atoms with van der Waals surface area (Å²) < 4.78 is 0. The van der Waals surface area contributed by atoms with Gasteiger partial charge >= 0.3 is 0 Å². The lowest BCUT2D eigenvalue weighted by atomic mass is 9.87. The first kappa shape index (κ1) is 10.5. The second kappa shape index (κ2) is 4.22. The summed E-state index contributed by atoms with van der Waals surface area (Å²) in [5, 5.41) is 0. The van der Waals surface area contributed by atoms with Gasteiger partial charge < -0.3 is 5.73 Å². The molecule has 0 aromatic heterocycles. The van der Waals surface area contributed by atoms with Gasteiger partial charge in [-0.15, -0.1) is 0 Å². The van der Waals surface area contributed by atoms with Crippen molar-refractivity contribution in [3.05, 3.63) is 0 Å². The van der Waals surface area contributed by atoms with Crippen molar-refractivity contribution in [3.8, 4) is 0 Å². The van der Waals surface area contributed by atoms with Crippen LogP contribution in [-0.4, -0.2) is 5.54 Å². The van der Waals surface area contributed by atoms with Crippen LogP contribution in [0.25, 0.3) is 0 Å². The van der Waals surface area contributed by atoms with Crippen LogP contribution in [0.2, 0.25) is 0 Å². The van der Waals surface area contributed by atoms with Gasteiger partial charge in [0.05, 0.1) is 0 Å². The molecule has 2 unspecified atom stereocenters. The summed E-state index contributed by atoms with van der Waals surface area (Å²) in [5.41, 5.74) is 6.65. The summed E-state index contributed by atoms with van der Waals surface area (Å²) in [7, 11) is 0. The molecule has 1 heteroatoms. The molecule has 0 radical (unpaired) electrons. The summed E-state index contributed by atoms with van der Waals surface area (Å²) in [4.78, 5) is 0. The summed E-state index contributed by atoms with van der Waals surface area (Å²) >= 11 is 0. The monoisotopic (exact) mass is 195 g/mol. The van der Waals surface area contributed by atoms with Crippen molar-refractivity contribution in [2.45, 2.75) is 70.3 Å². The first-order chi connectivity index (χ1) is 6.68. The van der Waals surface area contributed by atoms with Gasteiger partial charge in [-0.2, -0.15) is 0 Å². The zero-order valence-corrected chi connectivity index (χ0v) is 9.60. The van der Waals surface area contributed by atoms with Crippen LogP contribution in [0.4, 0.5) is 0 Å². The van der Waals surface area contributed by atoms with Crippen molar-refractivity contribution in [1.82, 2.24) is 0 Å². The average Bonchev–Trinajstić information content (AvgIpc) is 2.73. The second-order valence-electron chi connectivity index (χ2n) is 5.90. The number of rotatable bonds is 3. The smallest absolute Gasteiger partial charge is 0.0157 e. The Labute approximate surface area is 88.4 Å². The van der Waals surface area contributed by atoms with E-state index in [-0.39, 0.29) is 5.54 Å². The van der Waals surface area contributed by atoms with Gasteiger partial charge in [0.25, 0.3) is 0 Å². The zero-order chi connectivity index (χ0) is 10.0. The van der Waals surface area contributed by atoms with Crippen molar-refractivity contribution < 1.29 is 0 Å². The van der Waals surface area contributed by atoms with E-state index in [1.54, 1.807) is 0 Å². The molecule has 14 heavy (non-hydrogen) atoms. The minimum Gasteiger partial charge on any atom is -0.325 e. The predicted octanol–water partition coefficient (Wildman–Crippen LogP) is 3.47. The van der Waals surface area contributed by atoms with Gasteiger partial charge in [0, 0.05) is 5.54 Å². The Balaban J connectivity index is 1.73. The fraction of sp³-hybridized carbons (Fsp3) is 1.00. The molecule has 2 saturated carbocycles. The van der Waals surface area contributed by atoms with Crippen LogP contribution in [0.1, 0.15) is 64.7 Å². The number of hydrogen-bond acceptors (Lipinski definition) is 1. The van der Waals surface area contributed by atoms with Crippen LogP contribution in [0.15, 0.2) is 0 Å². The highest BCUT2D eigenvalue weighted by atomic mass is 14.8. The van der Waals surface area contributed by atoms with E-state index >= 15 is 0 Å². The van der Waals surface area contributed by atoms with Crippen molar-refractivity contribution in [1.29, 1.82) is 0 Å². The van der Waals surface area contributed by atoms with Gasteiger partial charge in [-0.1, -0.05) is 32.6 Å². The van der Waals surface area contributed by atoms with Gasteiger partial charge in [-0.3, -0.25) is 0 Å². The summed E-state index contributed by atoms with van der Waals surface area (Å²) in [5.74, 6) is 1.90. The Hall–Kier alpha value is -0.0400. The maximum absolute atomic E-state index is 6.43. The summed E-state index contributed by atoms with van der Waals surface area (Å²) in [6.45, 7) is 2.35. The standard InChI is InChI=1S/C13H25N/c1-11-6-8-13(14,10-11)9-7-12-4-2-3-5-12/h11-12H,2-10,14H2,1H3. The maximum Gasteiger partial charge on any atom is 0.0157 e. The molecule has 2 N–H and O–H groups in total. The fourth-order valence-electron chi connectivity index (χ4n) is 3.45. The van der Waals surface area contributed by atoms with Gasteiger partial charge in [-0.05, 0) is 43.9 Å². The van der Waals surface area contributed by atoms with E-state index in [1.807, 2.05) is 0 Å². The molecule has 0 aromatic carbocycles. The Morgan fingerprint density at radius 2 is 1.93 bits per heavy atom. The van der Waals surface area contributed by atoms with Gasteiger partial charge in [0.15, 0.2) is 0 Å². The predicted molar refractivity (Wildman–Crippen MR) is 61.1 cm³/mol. The van der Waals surface area contributed by atoms with E-state index in [2.05, 4.69) is 6.92 Å². The Kier molecular flexibility index (Phi) is 3.16. The SMILES string of the molecule is CC1CCC(N)(CCC2CCCC2)C1. The highest BCUT2D eigenvalue weighted by Gasteiger charge is 2.33. The largest absolute Gasteiger partial charge is 0.325 e. The van der Waals surface area contributed by atoms with Crippen molar-refractivity contribution in [2.75, 3.05) is 0 Å². The molecule has 1 nitrogen and oxygen atoms in total. The maximum atomic E-state index is 6.43. The van der Waals surface area contributed by atoms with Crippen molar-refractivity contribution in [2.24, 2.45) is 17.6 Å². The van der Waals surface area contributed by atoms with Crippen LogP contribution < -0.4 is 5.73 Å². The van der Waals surface area contributed by atoms with Crippen LogP contribution in [0.3, 0.4) is 0 Å². The molecule has 0 aromatic rings. The van der Waals surface area contributed by atoms with E-state index in [0.717, 1.165) is 11.8 Å². The summed E-state index contributed by atoms with van der Waals surface area (Å²) in [6, 6.07) is 0. The molecule has 0 saturated heterocycles. The molecule has 2 rings (SSSR count). The molecule has 2 aliphatic rings. The van der Waals surface area contributed by atoms with Crippen LogP contribution in [-0.2, 0) is 0 Å². The van der Waals surface area contributed by atoms with E-state index in [0.29, 0.717) is 0 Å². The van der Waals surface area contributed by atoms with Crippen molar-refractivity contribution >= 4 is 0 Å². The minimum absolute atomic E-state index is 0.224. The highest BCUT2D eigenvalue weighted by molar-refractivity contribution is 4.92. The molecular formula is C13H25N. The lowest BCUT2D eigenvalue weighted by Gasteiger charge is -2.25. The molecule has 82 valence electrons. The summed E-state index contributed by atoms with van der Waals surface area (Å²) in [6.07, 6.45) is 12.5. The molecule has 2 atom stereocenters. The van der Waals surface area contributed by atoms with E-state index in [1.165, 1.54) is 57.8 Å². The molecule has 0 spiro atoms. The normalized spacial score (nSPS) is 39.4. The molecule has 0 bridgehead atoms. The van der Waals surface area contributed by atoms with Crippen molar-refractivity contribution in [3.63, 3.8) is 0 Å². The van der Waals surface area contributed by atoms with Gasteiger partial charge in [0.1, 0.15) is 0 Å². The molecule has 2 aliphatic carbocycles. The van der Waals surface area contributed by atoms with E-state index in [9.17, 15) is 0 Å². The first-order valence-electron chi connectivity index (χ1n) is 6.47. The first-order valence-corrected chi connectivity index (χ1v) is 6.47. The minimum atomic E-state index is 0.224. The topological polar surface area (TPSA) is 26.0 Å². The molecule has 0 amide bonds. The van der Waals surface area contributed by atoms with Crippen LogP contribution in [0, 0.1) is 11.8 Å². The lowest BCUT2D eigenvalue weighted by Crippen LogP contribution is -2.37. The molecular weight excluding hydrogens is 170 g/mol. The third-order valence-corrected chi connectivity index (χ3v) is 4.42. The molecule has 2 fully saturated rings. The average molecular weight is 195 g/mol. The number of nitrogens with two attached hydrogens (primary N) is 1. The Morgan fingerprint density at radius 1 is 1.21 bits per heavy atom. The van der Waals surface area contributed by atoms with Crippen LogP contribution >= 0.6 is 0 Å². The molecule has 0 heterocycles. The quantitative estimate of drug-likeness (QED) is 0.733. The van der Waals surface area contributed by atoms with Gasteiger partial charge in [0.2, 0.25) is 0 Å². The Bertz CT molecular complexity index is 184. The third kappa shape index (κ3) is 2.50. The Morgan fingerprint density at radius 3 is 2.50 bits per heavy atom. The molecule has 0 aliphatic heterocycles. The zero-order valence-electron chi connectivity index (χ0n) is 9.60. The lowest BCUT2D eigenvalue weighted by molar-refractivity contribution is 0.340. The van der Waals surface area contributed by atoms with E-state index < -0.39 is 0 Å². The van der Waals surface area contributed by atoms with E-state index in [4.69, 9.17) is 5.73 Å². The number of hydrogen-bond donors (Lipinski definition) is 1. The van der Waals surface area contributed by atoms with Crippen LogP contribution in [0.5, 0.6) is 0 Å². The highest BCUT2D eigenvalue weighted by Crippen LogP contribution is 2.38. The third-order valence-electron chi connectivity index (χ3n) is 4.42. The fourth-order valence-corrected chi connectivity index (χ4v) is 3.45. The second-order valence-corrected chi connectivity index (χ2v) is 5.90. The van der Waals surface area contributed by atoms with Gasteiger partial charge in [-0.25, -0.2) is 0 Å².